The standard InChI is InChI=1S/C19H22N2O2/c1-14-6-2-5-9-18(14)20-21-19(22)13-23-17-11-10-15-7-3-4-8-16(15)12-17/h3-4,7-8,10-12,14H,2,5-6,9,13H2,1H3,(H,21,22). The van der Waals surface area contributed by atoms with Crippen LogP contribution in [0, 0.1) is 5.92 Å². The first-order valence-corrected chi connectivity index (χ1v) is 8.19. The number of carbonyl (C=O) groups excluding carboxylic acids is 1. The lowest BCUT2D eigenvalue weighted by Crippen LogP contribution is -2.28. The molecule has 1 fully saturated rings. The first-order chi connectivity index (χ1) is 11.2. The third kappa shape index (κ3) is 4.09. The number of benzene rings is 2. The molecule has 1 aliphatic carbocycles. The monoisotopic (exact) mass is 310 g/mol. The van der Waals surface area contributed by atoms with Crippen LogP contribution in [0.5, 0.6) is 5.75 Å². The quantitative estimate of drug-likeness (QED) is 0.871. The van der Waals surface area contributed by atoms with Gasteiger partial charge in [-0.1, -0.05) is 43.7 Å². The molecule has 2 aromatic carbocycles. The molecule has 2 aromatic rings. The Bertz CT molecular complexity index is 724. The van der Waals surface area contributed by atoms with E-state index in [4.69, 9.17) is 4.74 Å². The van der Waals surface area contributed by atoms with Gasteiger partial charge in [0, 0.05) is 5.71 Å². The van der Waals surface area contributed by atoms with E-state index in [1.54, 1.807) is 0 Å². The van der Waals surface area contributed by atoms with Crippen molar-refractivity contribution in [3.05, 3.63) is 42.5 Å². The molecule has 0 spiro atoms. The molecule has 1 N–H and O–H groups in total. The van der Waals surface area contributed by atoms with E-state index < -0.39 is 0 Å². The van der Waals surface area contributed by atoms with E-state index >= 15 is 0 Å². The van der Waals surface area contributed by atoms with Crippen LogP contribution < -0.4 is 10.2 Å². The van der Waals surface area contributed by atoms with Crippen molar-refractivity contribution in [2.75, 3.05) is 6.61 Å². The van der Waals surface area contributed by atoms with Crippen molar-refractivity contribution in [2.24, 2.45) is 11.0 Å². The highest BCUT2D eigenvalue weighted by Crippen LogP contribution is 2.21. The van der Waals surface area contributed by atoms with Gasteiger partial charge in [-0.25, -0.2) is 5.43 Å². The Kier molecular flexibility index (Phi) is 4.91. The van der Waals surface area contributed by atoms with Crippen LogP contribution in [0.4, 0.5) is 0 Å². The zero-order valence-electron chi connectivity index (χ0n) is 13.4. The van der Waals surface area contributed by atoms with Gasteiger partial charge in [-0.15, -0.1) is 0 Å². The van der Waals surface area contributed by atoms with Crippen LogP contribution in [0.2, 0.25) is 0 Å². The molecule has 4 nitrogen and oxygen atoms in total. The fraction of sp³-hybridized carbons (Fsp3) is 0.368. The molecule has 0 heterocycles. The third-order valence-electron chi connectivity index (χ3n) is 4.30. The third-order valence-corrected chi connectivity index (χ3v) is 4.30. The van der Waals surface area contributed by atoms with Crippen LogP contribution in [0.1, 0.15) is 32.6 Å². The van der Waals surface area contributed by atoms with E-state index in [0.29, 0.717) is 11.7 Å². The molecule has 1 aliphatic rings. The van der Waals surface area contributed by atoms with Gasteiger partial charge in [0.2, 0.25) is 0 Å². The van der Waals surface area contributed by atoms with E-state index in [1.165, 1.54) is 6.42 Å². The molecule has 0 aliphatic heterocycles. The number of nitrogens with one attached hydrogen (secondary N) is 1. The average molecular weight is 310 g/mol. The van der Waals surface area contributed by atoms with Gasteiger partial charge in [0.05, 0.1) is 0 Å². The first kappa shape index (κ1) is 15.5. The van der Waals surface area contributed by atoms with E-state index in [-0.39, 0.29) is 12.5 Å². The highest BCUT2D eigenvalue weighted by atomic mass is 16.5. The number of rotatable bonds is 4. The van der Waals surface area contributed by atoms with Gasteiger partial charge < -0.3 is 4.74 Å². The van der Waals surface area contributed by atoms with Gasteiger partial charge in [0.1, 0.15) is 5.75 Å². The maximum absolute atomic E-state index is 11.9. The van der Waals surface area contributed by atoms with Crippen molar-refractivity contribution in [1.29, 1.82) is 0 Å². The summed E-state index contributed by atoms with van der Waals surface area (Å²) in [6, 6.07) is 13.9. The summed E-state index contributed by atoms with van der Waals surface area (Å²) in [6.45, 7) is 2.14. The smallest absolute Gasteiger partial charge is 0.277 e. The van der Waals surface area contributed by atoms with Crippen molar-refractivity contribution < 1.29 is 9.53 Å². The van der Waals surface area contributed by atoms with E-state index in [1.807, 2.05) is 42.5 Å². The lowest BCUT2D eigenvalue weighted by Gasteiger charge is -2.19. The molecule has 23 heavy (non-hydrogen) atoms. The average Bonchev–Trinajstić information content (AvgIpc) is 2.59. The Morgan fingerprint density at radius 2 is 2.04 bits per heavy atom. The molecule has 4 heteroatoms. The van der Waals surface area contributed by atoms with Gasteiger partial charge >= 0.3 is 0 Å². The number of fused-ring (bicyclic) bond motifs is 1. The zero-order valence-corrected chi connectivity index (χ0v) is 13.4. The maximum Gasteiger partial charge on any atom is 0.277 e. The van der Waals surface area contributed by atoms with Crippen LogP contribution in [0.3, 0.4) is 0 Å². The molecule has 0 aromatic heterocycles. The van der Waals surface area contributed by atoms with Crippen LogP contribution in [0.25, 0.3) is 10.8 Å². The normalized spacial score (nSPS) is 19.7. The van der Waals surface area contributed by atoms with Gasteiger partial charge in [0.25, 0.3) is 5.91 Å². The Balaban J connectivity index is 1.54. The van der Waals surface area contributed by atoms with Crippen LogP contribution in [-0.2, 0) is 4.79 Å². The number of carbonyl (C=O) groups is 1. The number of amides is 1. The summed E-state index contributed by atoms with van der Waals surface area (Å²) >= 11 is 0. The molecular weight excluding hydrogens is 288 g/mol. The van der Waals surface area contributed by atoms with Crippen molar-refractivity contribution in [3.8, 4) is 5.75 Å². The Hall–Kier alpha value is -2.36. The van der Waals surface area contributed by atoms with Crippen molar-refractivity contribution in [1.82, 2.24) is 5.43 Å². The second kappa shape index (κ2) is 7.27. The van der Waals surface area contributed by atoms with Crippen molar-refractivity contribution in [3.63, 3.8) is 0 Å². The number of ether oxygens (including phenoxy) is 1. The summed E-state index contributed by atoms with van der Waals surface area (Å²) in [6.07, 6.45) is 4.54. The Labute approximate surface area is 136 Å². The molecule has 3 rings (SSSR count). The molecule has 1 unspecified atom stereocenters. The predicted octanol–water partition coefficient (Wildman–Crippen LogP) is 3.90. The summed E-state index contributed by atoms with van der Waals surface area (Å²) in [7, 11) is 0. The van der Waals surface area contributed by atoms with E-state index in [0.717, 1.165) is 35.7 Å². The summed E-state index contributed by atoms with van der Waals surface area (Å²) in [5, 5.41) is 6.52. The second-order valence-electron chi connectivity index (χ2n) is 6.08. The van der Waals surface area contributed by atoms with Crippen LogP contribution in [-0.4, -0.2) is 18.2 Å². The number of hydrogen-bond acceptors (Lipinski definition) is 3. The number of nitrogens with zero attached hydrogens (tertiary/aromatic N) is 1. The maximum atomic E-state index is 11.9. The van der Waals surface area contributed by atoms with Gasteiger partial charge in [-0.2, -0.15) is 5.10 Å². The molecule has 0 radical (unpaired) electrons. The fourth-order valence-corrected chi connectivity index (χ4v) is 2.91. The minimum atomic E-state index is -0.219. The van der Waals surface area contributed by atoms with Gasteiger partial charge in [-0.3, -0.25) is 4.79 Å². The minimum absolute atomic E-state index is 0.0243. The molecule has 1 saturated carbocycles. The minimum Gasteiger partial charge on any atom is -0.484 e. The molecule has 0 saturated heterocycles. The van der Waals surface area contributed by atoms with E-state index in [9.17, 15) is 4.79 Å². The van der Waals surface area contributed by atoms with Gasteiger partial charge in [0.15, 0.2) is 6.61 Å². The molecular formula is C19H22N2O2. The van der Waals surface area contributed by atoms with Crippen molar-refractivity contribution in [2.45, 2.75) is 32.6 Å². The molecule has 1 atom stereocenters. The Morgan fingerprint density at radius 1 is 1.22 bits per heavy atom. The summed E-state index contributed by atoms with van der Waals surface area (Å²) < 4.78 is 5.56. The molecule has 120 valence electrons. The number of hydrazone groups is 1. The number of hydrogen-bond donors (Lipinski definition) is 1. The molecule has 1 amide bonds. The highest BCUT2D eigenvalue weighted by Gasteiger charge is 2.16. The summed E-state index contributed by atoms with van der Waals surface area (Å²) in [5.41, 5.74) is 3.71. The Morgan fingerprint density at radius 3 is 2.87 bits per heavy atom. The summed E-state index contributed by atoms with van der Waals surface area (Å²) in [5.74, 6) is 0.937. The van der Waals surface area contributed by atoms with Crippen LogP contribution in [0.15, 0.2) is 47.6 Å². The lowest BCUT2D eigenvalue weighted by atomic mass is 9.89. The fourth-order valence-electron chi connectivity index (χ4n) is 2.91. The largest absolute Gasteiger partial charge is 0.484 e. The topological polar surface area (TPSA) is 50.7 Å². The zero-order chi connectivity index (χ0) is 16.1. The second-order valence-corrected chi connectivity index (χ2v) is 6.08. The van der Waals surface area contributed by atoms with Crippen LogP contribution >= 0.6 is 0 Å². The van der Waals surface area contributed by atoms with Gasteiger partial charge in [-0.05, 0) is 48.1 Å². The predicted molar refractivity (Wildman–Crippen MR) is 92.7 cm³/mol. The van der Waals surface area contributed by atoms with E-state index in [2.05, 4.69) is 17.5 Å². The lowest BCUT2D eigenvalue weighted by molar-refractivity contribution is -0.123. The summed E-state index contributed by atoms with van der Waals surface area (Å²) in [4.78, 5) is 11.9. The van der Waals surface area contributed by atoms with Crippen molar-refractivity contribution >= 4 is 22.4 Å². The molecule has 0 bridgehead atoms. The highest BCUT2D eigenvalue weighted by molar-refractivity contribution is 5.89. The SMILES string of the molecule is CC1CCCCC1=NNC(=O)COc1ccc2ccccc2c1. The first-order valence-electron chi connectivity index (χ1n) is 8.19.